The Kier molecular flexibility index (Phi) is 3.36. The molecule has 2 rings (SSSR count). The van der Waals surface area contributed by atoms with Crippen LogP contribution in [-0.4, -0.2) is 32.1 Å². The predicted octanol–water partition coefficient (Wildman–Crippen LogP) is 1.65. The van der Waals surface area contributed by atoms with Crippen molar-refractivity contribution < 1.29 is 0 Å². The molecule has 0 unspecified atom stereocenters. The molecule has 1 aliphatic rings. The molecule has 1 aromatic rings. The molecule has 0 amide bonds. The van der Waals surface area contributed by atoms with Gasteiger partial charge in [-0.3, -0.25) is 0 Å². The molecular weight excluding hydrogens is 322 g/mol. The monoisotopic (exact) mass is 338 g/mol. The third kappa shape index (κ3) is 2.23. The quantitative estimate of drug-likeness (QED) is 0.703. The maximum atomic E-state index is 2.75. The summed E-state index contributed by atoms with van der Waals surface area (Å²) >= 11 is 5.39. The van der Waals surface area contributed by atoms with Crippen molar-refractivity contribution in [3.63, 3.8) is 0 Å². The van der Waals surface area contributed by atoms with Crippen LogP contribution in [0.4, 0.5) is 0 Å². The van der Waals surface area contributed by atoms with Crippen LogP contribution in [0.2, 0.25) is 0 Å². The first-order valence-corrected chi connectivity index (χ1v) is 11.2. The second-order valence-corrected chi connectivity index (χ2v) is 9.21. The van der Waals surface area contributed by atoms with Gasteiger partial charge in [0.2, 0.25) is 0 Å². The Bertz CT molecular complexity index is 333. The molecule has 0 N–H and O–H groups in total. The van der Waals surface area contributed by atoms with Gasteiger partial charge in [0.1, 0.15) is 0 Å². The minimum absolute atomic E-state index is 0.432. The van der Waals surface area contributed by atoms with Crippen molar-refractivity contribution in [3.8, 4) is 0 Å². The van der Waals surface area contributed by atoms with Gasteiger partial charge >= 0.3 is 104 Å². The second kappa shape index (κ2) is 4.23. The van der Waals surface area contributed by atoms with Gasteiger partial charge in [-0.25, -0.2) is 0 Å². The van der Waals surface area contributed by atoms with Crippen molar-refractivity contribution in [1.29, 1.82) is 0 Å². The van der Waals surface area contributed by atoms with E-state index in [1.807, 2.05) is 0 Å². The molecule has 0 atom stereocenters. The maximum absolute atomic E-state index is 2.75. The number of rotatable bonds is 1. The second-order valence-electron chi connectivity index (χ2n) is 4.20. The van der Waals surface area contributed by atoms with E-state index in [4.69, 9.17) is 0 Å². The summed E-state index contributed by atoms with van der Waals surface area (Å²) in [4.78, 5) is 1.57. The Morgan fingerprint density at radius 3 is 2.93 bits per heavy atom. The summed E-state index contributed by atoms with van der Waals surface area (Å²) in [6.45, 7) is 4.71. The van der Waals surface area contributed by atoms with Crippen LogP contribution in [0, 0.1) is 0 Å². The predicted molar refractivity (Wildman–Crippen MR) is 67.2 cm³/mol. The Balaban J connectivity index is 2.43. The standard InChI is InChI=1S/C11H14SSe2/c1-11(2)7-6-8-4-3-5-9(14-13)10(8)12-11/h3-5,13H,6-7H2,1-2H3. The van der Waals surface area contributed by atoms with Crippen molar-refractivity contribution in [2.24, 2.45) is 0 Å². The van der Waals surface area contributed by atoms with Crippen molar-refractivity contribution in [3.05, 3.63) is 23.8 Å². The molecule has 76 valence electrons. The van der Waals surface area contributed by atoms with Crippen LogP contribution in [0.5, 0.6) is 0 Å². The van der Waals surface area contributed by atoms with Crippen LogP contribution in [0.25, 0.3) is 0 Å². The van der Waals surface area contributed by atoms with Gasteiger partial charge in [-0.15, -0.1) is 0 Å². The molecule has 0 aromatic heterocycles. The number of aryl methyl sites for hydroxylation is 1. The van der Waals surface area contributed by atoms with Gasteiger partial charge in [-0.1, -0.05) is 0 Å². The zero-order chi connectivity index (χ0) is 10.2. The van der Waals surface area contributed by atoms with E-state index in [1.54, 1.807) is 14.9 Å². The zero-order valence-corrected chi connectivity index (χ0v) is 12.8. The van der Waals surface area contributed by atoms with Crippen LogP contribution in [0.1, 0.15) is 25.8 Å². The molecule has 3 heteroatoms. The fraction of sp³-hybridized carbons (Fsp3) is 0.455. The normalized spacial score (nSPS) is 19.1. The van der Waals surface area contributed by atoms with Gasteiger partial charge in [0.25, 0.3) is 0 Å². The summed E-state index contributed by atoms with van der Waals surface area (Å²) in [5.41, 5.74) is 1.57. The molecule has 14 heavy (non-hydrogen) atoms. The van der Waals surface area contributed by atoms with Crippen molar-refractivity contribution >= 4 is 43.5 Å². The minimum atomic E-state index is 0.432. The first-order chi connectivity index (χ1) is 6.62. The molecule has 0 aliphatic carbocycles. The van der Waals surface area contributed by atoms with E-state index in [9.17, 15) is 0 Å². The van der Waals surface area contributed by atoms with E-state index in [0.29, 0.717) is 17.9 Å². The summed E-state index contributed by atoms with van der Waals surface area (Å²) in [5, 5.41) is 0. The molecule has 1 heterocycles. The first kappa shape index (κ1) is 11.1. The van der Waals surface area contributed by atoms with Crippen LogP contribution >= 0.6 is 11.8 Å². The molecule has 1 aromatic carbocycles. The number of thioether (sulfide) groups is 1. The molecule has 0 saturated heterocycles. The topological polar surface area (TPSA) is 0 Å². The molecule has 0 spiro atoms. The third-order valence-electron chi connectivity index (χ3n) is 2.53. The summed E-state index contributed by atoms with van der Waals surface area (Å²) in [5.74, 6) is 0. The number of hydrogen-bond acceptors (Lipinski definition) is 1. The summed E-state index contributed by atoms with van der Waals surface area (Å²) in [7, 11) is 0. The van der Waals surface area contributed by atoms with Gasteiger partial charge in [-0.05, 0) is 0 Å². The molecule has 1 aliphatic heterocycles. The van der Waals surface area contributed by atoms with Crippen molar-refractivity contribution in [2.45, 2.75) is 36.3 Å². The third-order valence-corrected chi connectivity index (χ3v) is 7.54. The zero-order valence-electron chi connectivity index (χ0n) is 8.41. The molecule has 0 nitrogen and oxygen atoms in total. The fourth-order valence-corrected chi connectivity index (χ4v) is 6.51. The molecule has 0 radical (unpaired) electrons. The first-order valence-electron chi connectivity index (χ1n) is 4.75. The van der Waals surface area contributed by atoms with E-state index >= 15 is 0 Å². The van der Waals surface area contributed by atoms with E-state index in [0.717, 1.165) is 0 Å². The number of benzene rings is 1. The van der Waals surface area contributed by atoms with Gasteiger partial charge in [0.05, 0.1) is 0 Å². The van der Waals surface area contributed by atoms with Crippen molar-refractivity contribution in [2.75, 3.05) is 0 Å². The van der Waals surface area contributed by atoms with E-state index in [1.165, 1.54) is 12.8 Å². The Labute approximate surface area is 103 Å². The van der Waals surface area contributed by atoms with E-state index in [2.05, 4.69) is 58.0 Å². The average Bonchev–Trinajstić information content (AvgIpc) is 2.15. The fourth-order valence-electron chi connectivity index (χ4n) is 1.71. The summed E-state index contributed by atoms with van der Waals surface area (Å²) in [6.07, 6.45) is 2.56. The van der Waals surface area contributed by atoms with E-state index in [-0.39, 0.29) is 0 Å². The van der Waals surface area contributed by atoms with Crippen LogP contribution < -0.4 is 4.46 Å². The van der Waals surface area contributed by atoms with Gasteiger partial charge in [0.15, 0.2) is 0 Å². The van der Waals surface area contributed by atoms with Gasteiger partial charge in [-0.2, -0.15) is 0 Å². The Morgan fingerprint density at radius 2 is 2.21 bits per heavy atom. The SMILES string of the molecule is CC1(C)CCc2cccc([Se][SeH])c2S1. The number of fused-ring (bicyclic) bond motifs is 1. The Morgan fingerprint density at radius 1 is 1.43 bits per heavy atom. The molecular formula is C11H14SSe2. The average molecular weight is 336 g/mol. The van der Waals surface area contributed by atoms with Gasteiger partial charge in [0, 0.05) is 0 Å². The molecule has 0 bridgehead atoms. The van der Waals surface area contributed by atoms with Gasteiger partial charge < -0.3 is 0 Å². The van der Waals surface area contributed by atoms with E-state index < -0.39 is 0 Å². The summed E-state index contributed by atoms with van der Waals surface area (Å²) in [6, 6.07) is 6.79. The molecule has 0 fully saturated rings. The van der Waals surface area contributed by atoms with Crippen LogP contribution in [-0.2, 0) is 6.42 Å². The van der Waals surface area contributed by atoms with Crippen molar-refractivity contribution in [1.82, 2.24) is 0 Å². The summed E-state index contributed by atoms with van der Waals surface area (Å²) < 4.78 is 1.99. The van der Waals surface area contributed by atoms with Crippen LogP contribution in [0.15, 0.2) is 23.1 Å². The van der Waals surface area contributed by atoms with Crippen LogP contribution in [0.3, 0.4) is 0 Å². The Hall–Kier alpha value is 0.609. The number of hydrogen-bond donors (Lipinski definition) is 0. The molecule has 0 saturated carbocycles.